The van der Waals surface area contributed by atoms with Gasteiger partial charge in [-0.2, -0.15) is 0 Å². The third-order valence-electron chi connectivity index (χ3n) is 3.10. The van der Waals surface area contributed by atoms with Crippen molar-refractivity contribution in [2.24, 2.45) is 0 Å². The lowest BCUT2D eigenvalue weighted by atomic mass is 9.87. The summed E-state index contributed by atoms with van der Waals surface area (Å²) in [6.45, 7) is 6.57. The van der Waals surface area contributed by atoms with Gasteiger partial charge in [0.15, 0.2) is 0 Å². The van der Waals surface area contributed by atoms with Crippen LogP contribution in [0.2, 0.25) is 0 Å². The minimum absolute atomic E-state index is 0.103. The number of rotatable bonds is 3. The largest absolute Gasteiger partial charge is 0.457 e. The maximum atomic E-state index is 6.00. The Morgan fingerprint density at radius 1 is 1.10 bits per heavy atom. The number of ether oxygens (including phenoxy) is 1. The van der Waals surface area contributed by atoms with Crippen molar-refractivity contribution in [3.63, 3.8) is 0 Å². The smallest absolute Gasteiger partial charge is 0.132 e. The van der Waals surface area contributed by atoms with Gasteiger partial charge < -0.3 is 4.74 Å². The number of halogens is 2. The van der Waals surface area contributed by atoms with Gasteiger partial charge in [0.05, 0.1) is 5.88 Å². The van der Waals surface area contributed by atoms with Crippen molar-refractivity contribution < 1.29 is 4.74 Å². The Bertz CT molecular complexity index is 602. The number of benzene rings is 2. The highest BCUT2D eigenvalue weighted by Gasteiger charge is 2.14. The van der Waals surface area contributed by atoms with Crippen molar-refractivity contribution in [1.82, 2.24) is 0 Å². The van der Waals surface area contributed by atoms with Crippen LogP contribution in [0.5, 0.6) is 11.5 Å². The maximum absolute atomic E-state index is 6.00. The van der Waals surface area contributed by atoms with Gasteiger partial charge >= 0.3 is 0 Å². The van der Waals surface area contributed by atoms with Gasteiger partial charge in [0.25, 0.3) is 0 Å². The molecule has 0 aromatic heterocycles. The third-order valence-corrected chi connectivity index (χ3v) is 3.88. The molecule has 0 unspecified atom stereocenters. The Hall–Kier alpha value is -0.990. The average molecular weight is 354 g/mol. The molecular formula is C17H18BrClO. The van der Waals surface area contributed by atoms with E-state index in [1.54, 1.807) is 0 Å². The monoisotopic (exact) mass is 352 g/mol. The highest BCUT2D eigenvalue weighted by Crippen LogP contribution is 2.32. The van der Waals surface area contributed by atoms with Gasteiger partial charge in [0.2, 0.25) is 0 Å². The molecule has 2 rings (SSSR count). The molecule has 0 amide bonds. The predicted molar refractivity (Wildman–Crippen MR) is 88.9 cm³/mol. The molecule has 0 saturated heterocycles. The van der Waals surface area contributed by atoms with Crippen LogP contribution in [-0.4, -0.2) is 0 Å². The number of hydrogen-bond acceptors (Lipinski definition) is 1. The van der Waals surface area contributed by atoms with Crippen LogP contribution in [0, 0.1) is 0 Å². The van der Waals surface area contributed by atoms with Crippen LogP contribution >= 0.6 is 27.5 Å². The van der Waals surface area contributed by atoms with E-state index < -0.39 is 0 Å². The second kappa shape index (κ2) is 6.19. The Kier molecular flexibility index (Phi) is 4.77. The van der Waals surface area contributed by atoms with Gasteiger partial charge in [-0.1, -0.05) is 54.9 Å². The summed E-state index contributed by atoms with van der Waals surface area (Å²) in [6.07, 6.45) is 0. The Morgan fingerprint density at radius 2 is 1.85 bits per heavy atom. The zero-order valence-electron chi connectivity index (χ0n) is 11.9. The molecule has 0 radical (unpaired) electrons. The molecule has 0 atom stereocenters. The molecule has 0 bridgehead atoms. The van der Waals surface area contributed by atoms with E-state index in [0.717, 1.165) is 21.5 Å². The zero-order chi connectivity index (χ0) is 14.8. The number of hydrogen-bond donors (Lipinski definition) is 0. The van der Waals surface area contributed by atoms with Crippen molar-refractivity contribution in [3.8, 4) is 11.5 Å². The molecule has 0 spiro atoms. The SMILES string of the molecule is CC(C)(C)c1cccc(Oc2cc(Br)ccc2CCl)c1. The molecule has 0 aliphatic rings. The molecular weight excluding hydrogens is 336 g/mol. The Labute approximate surface area is 134 Å². The molecule has 2 aromatic carbocycles. The van der Waals surface area contributed by atoms with E-state index in [-0.39, 0.29) is 5.41 Å². The molecule has 0 aliphatic heterocycles. The highest BCUT2D eigenvalue weighted by molar-refractivity contribution is 9.10. The van der Waals surface area contributed by atoms with E-state index in [9.17, 15) is 0 Å². The van der Waals surface area contributed by atoms with Crippen molar-refractivity contribution in [2.75, 3.05) is 0 Å². The first-order chi connectivity index (χ1) is 9.40. The van der Waals surface area contributed by atoms with Gasteiger partial charge in [-0.15, -0.1) is 11.6 Å². The lowest BCUT2D eigenvalue weighted by Crippen LogP contribution is -2.10. The Balaban J connectivity index is 2.33. The summed E-state index contributed by atoms with van der Waals surface area (Å²) in [5.74, 6) is 2.06. The van der Waals surface area contributed by atoms with E-state index >= 15 is 0 Å². The standard InChI is InChI=1S/C17H18BrClO/c1-17(2,3)13-5-4-6-15(9-13)20-16-10-14(18)8-7-12(16)11-19/h4-10H,11H2,1-3H3. The van der Waals surface area contributed by atoms with E-state index in [4.69, 9.17) is 16.3 Å². The summed E-state index contributed by atoms with van der Waals surface area (Å²) in [4.78, 5) is 0. The molecule has 106 valence electrons. The topological polar surface area (TPSA) is 9.23 Å². The van der Waals surface area contributed by atoms with Crippen molar-refractivity contribution in [3.05, 3.63) is 58.1 Å². The predicted octanol–water partition coefficient (Wildman–Crippen LogP) is 6.28. The van der Waals surface area contributed by atoms with Gasteiger partial charge in [-0.05, 0) is 35.2 Å². The second-order valence-electron chi connectivity index (χ2n) is 5.77. The maximum Gasteiger partial charge on any atom is 0.132 e. The third kappa shape index (κ3) is 3.77. The summed E-state index contributed by atoms with van der Waals surface area (Å²) < 4.78 is 6.98. The lowest BCUT2D eigenvalue weighted by molar-refractivity contribution is 0.474. The fraction of sp³-hybridized carbons (Fsp3) is 0.294. The first kappa shape index (κ1) is 15.4. The van der Waals surface area contributed by atoms with Crippen LogP contribution in [0.3, 0.4) is 0 Å². The van der Waals surface area contributed by atoms with Crippen molar-refractivity contribution >= 4 is 27.5 Å². The fourth-order valence-electron chi connectivity index (χ4n) is 1.89. The summed E-state index contributed by atoms with van der Waals surface area (Å²) in [6, 6.07) is 14.1. The van der Waals surface area contributed by atoms with Crippen LogP contribution in [0.25, 0.3) is 0 Å². The van der Waals surface area contributed by atoms with E-state index in [0.29, 0.717) is 5.88 Å². The van der Waals surface area contributed by atoms with Crippen molar-refractivity contribution in [2.45, 2.75) is 32.1 Å². The van der Waals surface area contributed by atoms with E-state index in [1.165, 1.54) is 5.56 Å². The molecule has 0 heterocycles. The minimum atomic E-state index is 0.103. The van der Waals surface area contributed by atoms with E-state index in [1.807, 2.05) is 30.3 Å². The molecule has 3 heteroatoms. The van der Waals surface area contributed by atoms with Crippen LogP contribution < -0.4 is 4.74 Å². The van der Waals surface area contributed by atoms with Gasteiger partial charge in [-0.3, -0.25) is 0 Å². The van der Waals surface area contributed by atoms with Crippen LogP contribution in [0.1, 0.15) is 31.9 Å². The van der Waals surface area contributed by atoms with Gasteiger partial charge in [-0.25, -0.2) is 0 Å². The summed E-state index contributed by atoms with van der Waals surface area (Å²) >= 11 is 9.42. The number of alkyl halides is 1. The molecule has 20 heavy (non-hydrogen) atoms. The summed E-state index contributed by atoms with van der Waals surface area (Å²) in [7, 11) is 0. The first-order valence-electron chi connectivity index (χ1n) is 6.53. The Morgan fingerprint density at radius 3 is 2.50 bits per heavy atom. The summed E-state index contributed by atoms with van der Waals surface area (Å²) in [5, 5.41) is 0. The van der Waals surface area contributed by atoms with E-state index in [2.05, 4.69) is 48.8 Å². The zero-order valence-corrected chi connectivity index (χ0v) is 14.3. The molecule has 0 fully saturated rings. The van der Waals surface area contributed by atoms with Crippen molar-refractivity contribution in [1.29, 1.82) is 0 Å². The molecule has 1 nitrogen and oxygen atoms in total. The van der Waals surface area contributed by atoms with Crippen LogP contribution in [-0.2, 0) is 11.3 Å². The van der Waals surface area contributed by atoms with Crippen LogP contribution in [0.4, 0.5) is 0 Å². The molecule has 2 aromatic rings. The lowest BCUT2D eigenvalue weighted by Gasteiger charge is -2.20. The molecule has 0 N–H and O–H groups in total. The fourth-order valence-corrected chi connectivity index (χ4v) is 2.45. The first-order valence-corrected chi connectivity index (χ1v) is 7.85. The van der Waals surface area contributed by atoms with Crippen LogP contribution in [0.15, 0.2) is 46.9 Å². The normalized spacial score (nSPS) is 11.4. The summed E-state index contributed by atoms with van der Waals surface area (Å²) in [5.41, 5.74) is 2.33. The van der Waals surface area contributed by atoms with Gasteiger partial charge in [0.1, 0.15) is 11.5 Å². The molecule has 0 aliphatic carbocycles. The quantitative estimate of drug-likeness (QED) is 0.590. The second-order valence-corrected chi connectivity index (χ2v) is 6.95. The van der Waals surface area contributed by atoms with Gasteiger partial charge in [0, 0.05) is 10.0 Å². The average Bonchev–Trinajstić information content (AvgIpc) is 2.38. The highest BCUT2D eigenvalue weighted by atomic mass is 79.9. The minimum Gasteiger partial charge on any atom is -0.457 e. The molecule has 0 saturated carbocycles.